The van der Waals surface area contributed by atoms with E-state index in [0.717, 1.165) is 21.5 Å². The van der Waals surface area contributed by atoms with Crippen LogP contribution in [0.25, 0.3) is 11.0 Å². The molecule has 0 bridgehead atoms. The molecule has 2 N–H and O–H groups in total. The van der Waals surface area contributed by atoms with Crippen LogP contribution in [0.5, 0.6) is 0 Å². The summed E-state index contributed by atoms with van der Waals surface area (Å²) in [5.41, 5.74) is 3.42. The minimum absolute atomic E-state index is 0.203. The third-order valence-electron chi connectivity index (χ3n) is 5.37. The highest BCUT2D eigenvalue weighted by Gasteiger charge is 2.22. The van der Waals surface area contributed by atoms with E-state index < -0.39 is 0 Å². The van der Waals surface area contributed by atoms with Crippen molar-refractivity contribution in [3.05, 3.63) is 119 Å². The van der Waals surface area contributed by atoms with Crippen LogP contribution >= 0.6 is 23.4 Å². The van der Waals surface area contributed by atoms with Gasteiger partial charge >= 0.3 is 0 Å². The summed E-state index contributed by atoms with van der Waals surface area (Å²) in [7, 11) is 0. The number of carbonyl (C=O) groups is 1. The fourth-order valence-electron chi connectivity index (χ4n) is 3.70. The van der Waals surface area contributed by atoms with Gasteiger partial charge in [0.1, 0.15) is 10.9 Å². The molecule has 0 aliphatic heterocycles. The summed E-state index contributed by atoms with van der Waals surface area (Å²) in [6, 6.07) is 28.6. The molecule has 34 heavy (non-hydrogen) atoms. The number of imidazole rings is 1. The van der Waals surface area contributed by atoms with Crippen LogP contribution < -0.4 is 5.32 Å². The van der Waals surface area contributed by atoms with Crippen molar-refractivity contribution >= 4 is 40.3 Å². The van der Waals surface area contributed by atoms with Crippen molar-refractivity contribution in [3.8, 4) is 0 Å². The molecule has 3 aromatic carbocycles. The molecule has 0 radical (unpaired) electrons. The molecular weight excluding hydrogens is 464 g/mol. The van der Waals surface area contributed by atoms with Crippen molar-refractivity contribution in [1.82, 2.24) is 20.3 Å². The zero-order chi connectivity index (χ0) is 23.3. The second-order valence-corrected chi connectivity index (χ2v) is 9.27. The lowest BCUT2D eigenvalue weighted by Crippen LogP contribution is -2.31. The van der Waals surface area contributed by atoms with E-state index in [2.05, 4.69) is 15.3 Å². The molecule has 1 unspecified atom stereocenters. The SMILES string of the molecule is O=C(NC(Cc1ccccc1)c1nc2ccccc2[nH]1)c1cccnc1Sc1ccc(Cl)cc1. The average molecular weight is 485 g/mol. The number of aromatic nitrogens is 3. The number of rotatable bonds is 7. The van der Waals surface area contributed by atoms with Gasteiger partial charge in [0.15, 0.2) is 0 Å². The van der Waals surface area contributed by atoms with Gasteiger partial charge in [-0.1, -0.05) is 65.8 Å². The summed E-state index contributed by atoms with van der Waals surface area (Å²) in [6.45, 7) is 0. The number of halogens is 1. The minimum Gasteiger partial charge on any atom is -0.342 e. The predicted molar refractivity (Wildman–Crippen MR) is 136 cm³/mol. The Bertz CT molecular complexity index is 1390. The Kier molecular flexibility index (Phi) is 6.60. The first kappa shape index (κ1) is 22.2. The number of hydrogen-bond donors (Lipinski definition) is 2. The molecule has 1 amide bonds. The number of pyridine rings is 1. The first-order valence-corrected chi connectivity index (χ1v) is 12.0. The van der Waals surface area contributed by atoms with Crippen LogP contribution in [0.2, 0.25) is 5.02 Å². The van der Waals surface area contributed by atoms with Crippen molar-refractivity contribution in [1.29, 1.82) is 0 Å². The van der Waals surface area contributed by atoms with E-state index in [1.165, 1.54) is 11.8 Å². The second-order valence-electron chi connectivity index (χ2n) is 7.77. The first-order chi connectivity index (χ1) is 16.7. The van der Waals surface area contributed by atoms with Crippen LogP contribution in [-0.2, 0) is 6.42 Å². The molecule has 0 aliphatic carbocycles. The van der Waals surface area contributed by atoms with E-state index in [0.29, 0.717) is 27.9 Å². The lowest BCUT2D eigenvalue weighted by atomic mass is 10.0. The number of benzene rings is 3. The molecule has 5 rings (SSSR count). The number of para-hydroxylation sites is 2. The molecule has 5 aromatic rings. The standard InChI is InChI=1S/C27H21ClN4OS/c28-19-12-14-20(15-13-19)34-27-21(9-6-16-29-27)26(33)32-24(17-18-7-2-1-3-8-18)25-30-22-10-4-5-11-23(22)31-25/h1-16,24H,17H2,(H,30,31)(H,32,33). The van der Waals surface area contributed by atoms with Crippen molar-refractivity contribution in [3.63, 3.8) is 0 Å². The minimum atomic E-state index is -0.337. The van der Waals surface area contributed by atoms with E-state index >= 15 is 0 Å². The van der Waals surface area contributed by atoms with Crippen LogP contribution in [0, 0.1) is 0 Å². The van der Waals surface area contributed by atoms with Gasteiger partial charge in [0.2, 0.25) is 0 Å². The Balaban J connectivity index is 1.44. The average Bonchev–Trinajstić information content (AvgIpc) is 3.30. The number of fused-ring (bicyclic) bond motifs is 1. The quantitative estimate of drug-likeness (QED) is 0.277. The van der Waals surface area contributed by atoms with Gasteiger partial charge in [-0.3, -0.25) is 4.79 Å². The Hall–Kier alpha value is -3.61. The maximum atomic E-state index is 13.5. The number of amides is 1. The summed E-state index contributed by atoms with van der Waals surface area (Å²) in [6.07, 6.45) is 2.29. The van der Waals surface area contributed by atoms with E-state index in [-0.39, 0.29) is 11.9 Å². The van der Waals surface area contributed by atoms with Crippen LogP contribution in [0.3, 0.4) is 0 Å². The maximum absolute atomic E-state index is 13.5. The Morgan fingerprint density at radius 2 is 1.71 bits per heavy atom. The fraction of sp³-hybridized carbons (Fsp3) is 0.0741. The Morgan fingerprint density at radius 1 is 0.941 bits per heavy atom. The smallest absolute Gasteiger partial charge is 0.254 e. The normalized spacial score (nSPS) is 11.9. The molecule has 0 saturated carbocycles. The summed E-state index contributed by atoms with van der Waals surface area (Å²) in [5.74, 6) is 0.514. The third-order valence-corrected chi connectivity index (χ3v) is 6.65. The predicted octanol–water partition coefficient (Wildman–Crippen LogP) is 6.48. The van der Waals surface area contributed by atoms with Gasteiger partial charge in [-0.05, 0) is 60.5 Å². The molecule has 2 aromatic heterocycles. The van der Waals surface area contributed by atoms with Crippen LogP contribution in [0.1, 0.15) is 27.8 Å². The summed E-state index contributed by atoms with van der Waals surface area (Å²) in [5, 5.41) is 4.48. The summed E-state index contributed by atoms with van der Waals surface area (Å²) >= 11 is 7.44. The van der Waals surface area contributed by atoms with E-state index in [9.17, 15) is 4.79 Å². The number of carbonyl (C=O) groups excluding carboxylic acids is 1. The zero-order valence-electron chi connectivity index (χ0n) is 18.1. The van der Waals surface area contributed by atoms with Gasteiger partial charge in [-0.15, -0.1) is 0 Å². The van der Waals surface area contributed by atoms with Gasteiger partial charge in [0, 0.05) is 16.1 Å². The molecule has 168 valence electrons. The van der Waals surface area contributed by atoms with Crippen molar-refractivity contribution < 1.29 is 4.79 Å². The Labute approximate surface area is 206 Å². The lowest BCUT2D eigenvalue weighted by molar-refractivity contribution is 0.0931. The highest BCUT2D eigenvalue weighted by atomic mass is 35.5. The van der Waals surface area contributed by atoms with Gasteiger partial charge in [-0.25, -0.2) is 9.97 Å². The van der Waals surface area contributed by atoms with Crippen LogP contribution in [0.4, 0.5) is 0 Å². The molecule has 7 heteroatoms. The number of aromatic amines is 1. The van der Waals surface area contributed by atoms with Crippen LogP contribution in [0.15, 0.2) is 107 Å². The van der Waals surface area contributed by atoms with Crippen molar-refractivity contribution in [2.45, 2.75) is 22.4 Å². The van der Waals surface area contributed by atoms with Gasteiger partial charge in [0.25, 0.3) is 5.91 Å². The number of H-pyrrole nitrogens is 1. The van der Waals surface area contributed by atoms with Gasteiger partial charge < -0.3 is 10.3 Å². The molecule has 0 spiro atoms. The molecule has 2 heterocycles. The lowest BCUT2D eigenvalue weighted by Gasteiger charge is -2.18. The van der Waals surface area contributed by atoms with Gasteiger partial charge in [0.05, 0.1) is 22.6 Å². The highest BCUT2D eigenvalue weighted by molar-refractivity contribution is 7.99. The monoisotopic (exact) mass is 484 g/mol. The molecular formula is C27H21ClN4OS. The second kappa shape index (κ2) is 10.1. The molecule has 0 saturated heterocycles. The van der Waals surface area contributed by atoms with E-state index in [4.69, 9.17) is 16.6 Å². The van der Waals surface area contributed by atoms with E-state index in [1.807, 2.05) is 78.9 Å². The first-order valence-electron chi connectivity index (χ1n) is 10.8. The van der Waals surface area contributed by atoms with Crippen LogP contribution in [-0.4, -0.2) is 20.9 Å². The fourth-order valence-corrected chi connectivity index (χ4v) is 4.70. The molecule has 1 atom stereocenters. The number of hydrogen-bond acceptors (Lipinski definition) is 4. The maximum Gasteiger partial charge on any atom is 0.254 e. The summed E-state index contributed by atoms with van der Waals surface area (Å²) < 4.78 is 0. The number of nitrogens with one attached hydrogen (secondary N) is 2. The topological polar surface area (TPSA) is 70.7 Å². The van der Waals surface area contributed by atoms with Crippen molar-refractivity contribution in [2.75, 3.05) is 0 Å². The highest BCUT2D eigenvalue weighted by Crippen LogP contribution is 2.30. The third kappa shape index (κ3) is 5.14. The Morgan fingerprint density at radius 3 is 2.50 bits per heavy atom. The largest absolute Gasteiger partial charge is 0.342 e. The van der Waals surface area contributed by atoms with Gasteiger partial charge in [-0.2, -0.15) is 0 Å². The molecule has 0 fully saturated rings. The summed E-state index contributed by atoms with van der Waals surface area (Å²) in [4.78, 5) is 27.0. The molecule has 0 aliphatic rings. The van der Waals surface area contributed by atoms with Crippen molar-refractivity contribution in [2.24, 2.45) is 0 Å². The van der Waals surface area contributed by atoms with E-state index in [1.54, 1.807) is 18.3 Å². The zero-order valence-corrected chi connectivity index (χ0v) is 19.7. The number of nitrogens with zero attached hydrogens (tertiary/aromatic N) is 2. The molecule has 5 nitrogen and oxygen atoms in total.